The quantitative estimate of drug-likeness (QED) is 0.309. The molecule has 3 heterocycles. The minimum atomic E-state index is -0.567. The first-order valence-corrected chi connectivity index (χ1v) is 11.8. The van der Waals surface area contributed by atoms with Crippen LogP contribution in [0.25, 0.3) is 28.1 Å². The van der Waals surface area contributed by atoms with Crippen molar-refractivity contribution in [3.05, 3.63) is 58.4 Å². The Labute approximate surface area is 200 Å². The van der Waals surface area contributed by atoms with Gasteiger partial charge in [0, 0.05) is 29.8 Å². The Kier molecular flexibility index (Phi) is 5.23. The molecule has 1 amide bonds. The minimum absolute atomic E-state index is 0.188. The van der Waals surface area contributed by atoms with E-state index in [0.29, 0.717) is 17.8 Å². The summed E-state index contributed by atoms with van der Waals surface area (Å²) in [6.07, 6.45) is 3.16. The highest BCUT2D eigenvalue weighted by molar-refractivity contribution is 9.10. The molecule has 1 aliphatic rings. The largest absolute Gasteiger partial charge is 0.444 e. The molecule has 5 rings (SSSR count). The third-order valence-electron chi connectivity index (χ3n) is 6.08. The monoisotopic (exact) mass is 512 g/mol. The second-order valence-electron chi connectivity index (χ2n) is 9.56. The van der Waals surface area contributed by atoms with Crippen molar-refractivity contribution in [3.8, 4) is 11.3 Å². The summed E-state index contributed by atoms with van der Waals surface area (Å²) in [5.41, 5.74) is 3.27. The second-order valence-corrected chi connectivity index (χ2v) is 10.5. The molecule has 1 atom stereocenters. The number of rotatable bonds is 2. The highest BCUT2D eigenvalue weighted by Gasteiger charge is 2.33. The molecule has 0 spiro atoms. The maximum atomic E-state index is 15.3. The van der Waals surface area contributed by atoms with E-state index >= 15 is 4.39 Å². The van der Waals surface area contributed by atoms with Gasteiger partial charge >= 0.3 is 6.09 Å². The lowest BCUT2D eigenvalue weighted by Gasteiger charge is -2.29. The Hall–Kier alpha value is -2.87. The van der Waals surface area contributed by atoms with E-state index in [4.69, 9.17) is 9.72 Å². The van der Waals surface area contributed by atoms with Gasteiger partial charge in [-0.3, -0.25) is 4.40 Å². The number of benzene rings is 2. The van der Waals surface area contributed by atoms with E-state index in [1.165, 1.54) is 6.07 Å². The van der Waals surface area contributed by atoms with E-state index in [0.717, 1.165) is 39.7 Å². The summed E-state index contributed by atoms with van der Waals surface area (Å²) in [4.78, 5) is 19.1. The number of fused-ring (bicyclic) bond motifs is 3. The summed E-state index contributed by atoms with van der Waals surface area (Å²) in [5, 5.41) is 0. The molecule has 2 aromatic heterocycles. The van der Waals surface area contributed by atoms with E-state index in [-0.39, 0.29) is 18.0 Å². The van der Waals surface area contributed by atoms with Crippen LogP contribution in [0.2, 0.25) is 0 Å². The van der Waals surface area contributed by atoms with Gasteiger partial charge in [-0.15, -0.1) is 0 Å². The average Bonchev–Trinajstić information content (AvgIpc) is 3.44. The zero-order valence-corrected chi connectivity index (χ0v) is 20.7. The van der Waals surface area contributed by atoms with Crippen LogP contribution < -0.4 is 0 Å². The number of hydrogen-bond donors (Lipinski definition) is 0. The zero-order valence-electron chi connectivity index (χ0n) is 19.1. The average molecular weight is 513 g/mol. The van der Waals surface area contributed by atoms with E-state index in [1.807, 2.05) is 67.2 Å². The second kappa shape index (κ2) is 7.87. The highest BCUT2D eigenvalue weighted by atomic mass is 79.9. The van der Waals surface area contributed by atoms with Gasteiger partial charge in [0.15, 0.2) is 0 Å². The number of aromatic nitrogens is 3. The highest BCUT2D eigenvalue weighted by Crippen LogP contribution is 2.35. The summed E-state index contributed by atoms with van der Waals surface area (Å²) < 4.78 is 25.8. The van der Waals surface area contributed by atoms with Crippen molar-refractivity contribution in [3.63, 3.8) is 0 Å². The molecule has 4 aromatic rings. The summed E-state index contributed by atoms with van der Waals surface area (Å²) in [6.45, 7) is 6.16. The molecule has 1 fully saturated rings. The van der Waals surface area contributed by atoms with Gasteiger partial charge in [0.1, 0.15) is 11.4 Å². The van der Waals surface area contributed by atoms with Crippen LogP contribution >= 0.6 is 15.9 Å². The predicted octanol–water partition coefficient (Wildman–Crippen LogP) is 6.47. The standard InChI is InChI=1S/C25H26BrFN4O2/c1-25(2,3)33-24(32)30-11-5-6-20(30)15-7-9-17(18(27)12-15)19-14-31-21-10-8-16(26)13-22(21)29(4)23(31)28-19/h7-10,12-14,20H,5-6,11H2,1-4H3/t20-/m1/s1. The Morgan fingerprint density at radius 3 is 2.70 bits per heavy atom. The summed E-state index contributed by atoms with van der Waals surface area (Å²) in [6, 6.07) is 11.0. The third-order valence-corrected chi connectivity index (χ3v) is 6.57. The Morgan fingerprint density at radius 1 is 1.18 bits per heavy atom. The number of halogens is 2. The van der Waals surface area contributed by atoms with Crippen LogP contribution in [0.15, 0.2) is 47.1 Å². The normalized spacial score (nSPS) is 16.8. The third kappa shape index (κ3) is 3.90. The number of nitrogens with zero attached hydrogens (tertiary/aromatic N) is 4. The first-order chi connectivity index (χ1) is 15.6. The van der Waals surface area contributed by atoms with E-state index in [9.17, 15) is 4.79 Å². The van der Waals surface area contributed by atoms with Gasteiger partial charge in [-0.05, 0) is 69.5 Å². The van der Waals surface area contributed by atoms with Crippen LogP contribution in [-0.2, 0) is 11.8 Å². The number of imidazole rings is 2. The molecule has 172 valence electrons. The Bertz CT molecular complexity index is 1380. The number of hydrogen-bond acceptors (Lipinski definition) is 3. The van der Waals surface area contributed by atoms with Gasteiger partial charge in [0.05, 0.1) is 22.8 Å². The van der Waals surface area contributed by atoms with Crippen LogP contribution in [0, 0.1) is 5.82 Å². The molecular formula is C25H26BrFN4O2. The van der Waals surface area contributed by atoms with Crippen molar-refractivity contribution in [2.45, 2.75) is 45.3 Å². The molecular weight excluding hydrogens is 487 g/mol. The van der Waals surface area contributed by atoms with Crippen LogP contribution in [0.4, 0.5) is 9.18 Å². The fraction of sp³-hybridized carbons (Fsp3) is 0.360. The van der Waals surface area contributed by atoms with Gasteiger partial charge in [0.2, 0.25) is 5.78 Å². The van der Waals surface area contributed by atoms with Gasteiger partial charge in [-0.2, -0.15) is 0 Å². The Balaban J connectivity index is 1.47. The number of carbonyl (C=O) groups excluding carboxylic acids is 1. The molecule has 0 bridgehead atoms. The van der Waals surface area contributed by atoms with Crippen LogP contribution in [0.1, 0.15) is 45.2 Å². The maximum Gasteiger partial charge on any atom is 0.410 e. The van der Waals surface area contributed by atoms with E-state index in [2.05, 4.69) is 15.9 Å². The molecule has 0 saturated carbocycles. The zero-order chi connectivity index (χ0) is 23.5. The lowest BCUT2D eigenvalue weighted by molar-refractivity contribution is 0.0224. The molecule has 8 heteroatoms. The van der Waals surface area contributed by atoms with Crippen molar-refractivity contribution in [2.75, 3.05) is 6.54 Å². The van der Waals surface area contributed by atoms with Crippen LogP contribution in [-0.4, -0.2) is 37.1 Å². The molecule has 0 unspecified atom stereocenters. The lowest BCUT2D eigenvalue weighted by atomic mass is 10.0. The van der Waals surface area contributed by atoms with E-state index in [1.54, 1.807) is 11.0 Å². The SMILES string of the molecule is Cn1c2cc(Br)ccc2n2cc(-c3ccc([C@H]4CCCN4C(=O)OC(C)(C)C)cc3F)nc12. The van der Waals surface area contributed by atoms with Gasteiger partial charge in [-0.1, -0.05) is 22.0 Å². The van der Waals surface area contributed by atoms with Crippen molar-refractivity contribution < 1.29 is 13.9 Å². The predicted molar refractivity (Wildman–Crippen MR) is 130 cm³/mol. The number of amides is 1. The number of carbonyl (C=O) groups is 1. The van der Waals surface area contributed by atoms with Crippen molar-refractivity contribution in [1.82, 2.24) is 18.9 Å². The van der Waals surface area contributed by atoms with Gasteiger partial charge < -0.3 is 14.2 Å². The topological polar surface area (TPSA) is 51.8 Å². The Morgan fingerprint density at radius 2 is 1.97 bits per heavy atom. The number of likely N-dealkylation sites (tertiary alicyclic amines) is 1. The van der Waals surface area contributed by atoms with Crippen molar-refractivity contribution in [1.29, 1.82) is 0 Å². The van der Waals surface area contributed by atoms with E-state index < -0.39 is 5.60 Å². The van der Waals surface area contributed by atoms with Gasteiger partial charge in [0.25, 0.3) is 0 Å². The maximum absolute atomic E-state index is 15.3. The fourth-order valence-corrected chi connectivity index (χ4v) is 4.94. The molecule has 33 heavy (non-hydrogen) atoms. The molecule has 0 radical (unpaired) electrons. The summed E-state index contributed by atoms with van der Waals surface area (Å²) in [5.74, 6) is 0.396. The number of aryl methyl sites for hydroxylation is 1. The first-order valence-electron chi connectivity index (χ1n) is 11.0. The van der Waals surface area contributed by atoms with Gasteiger partial charge in [-0.25, -0.2) is 14.2 Å². The fourth-order valence-electron chi connectivity index (χ4n) is 4.59. The first kappa shape index (κ1) is 21.9. The smallest absolute Gasteiger partial charge is 0.410 e. The van der Waals surface area contributed by atoms with Crippen molar-refractivity contribution >= 4 is 38.8 Å². The summed E-state index contributed by atoms with van der Waals surface area (Å²) in [7, 11) is 1.95. The van der Waals surface area contributed by atoms with Crippen molar-refractivity contribution in [2.24, 2.45) is 7.05 Å². The summed E-state index contributed by atoms with van der Waals surface area (Å²) >= 11 is 3.51. The lowest BCUT2D eigenvalue weighted by Crippen LogP contribution is -2.36. The molecule has 6 nitrogen and oxygen atoms in total. The number of ether oxygens (including phenoxy) is 1. The molecule has 1 saturated heterocycles. The van der Waals surface area contributed by atoms with Crippen LogP contribution in [0.5, 0.6) is 0 Å². The van der Waals surface area contributed by atoms with Crippen LogP contribution in [0.3, 0.4) is 0 Å². The molecule has 0 N–H and O–H groups in total. The minimum Gasteiger partial charge on any atom is -0.444 e. The molecule has 1 aliphatic heterocycles. The molecule has 2 aromatic carbocycles. The molecule has 0 aliphatic carbocycles.